The van der Waals surface area contributed by atoms with Gasteiger partial charge in [-0.2, -0.15) is 11.8 Å². The summed E-state index contributed by atoms with van der Waals surface area (Å²) in [4.78, 5) is 7.80. The van der Waals surface area contributed by atoms with E-state index in [0.29, 0.717) is 11.3 Å². The number of rotatable bonds is 5. The molecule has 0 amide bonds. The number of sulfone groups is 1. The molecule has 2 rings (SSSR count). The highest BCUT2D eigenvalue weighted by Crippen LogP contribution is 2.21. The zero-order valence-corrected chi connectivity index (χ0v) is 12.5. The van der Waals surface area contributed by atoms with Gasteiger partial charge in [-0.25, -0.2) is 13.4 Å². The summed E-state index contributed by atoms with van der Waals surface area (Å²) in [7, 11) is -3.20. The van der Waals surface area contributed by atoms with Crippen LogP contribution in [-0.4, -0.2) is 36.7 Å². The van der Waals surface area contributed by atoms with E-state index in [2.05, 4.69) is 9.97 Å². The van der Waals surface area contributed by atoms with E-state index >= 15 is 0 Å². The molecular weight excluding hydrogens is 282 g/mol. The molecule has 1 aromatic carbocycles. The Bertz CT molecular complexity index is 679. The van der Waals surface area contributed by atoms with Gasteiger partial charge in [-0.15, -0.1) is 0 Å². The first-order valence-corrected chi connectivity index (χ1v) is 9.14. The molecule has 0 aliphatic carbocycles. The summed E-state index contributed by atoms with van der Waals surface area (Å²) >= 11 is 1.74. The van der Waals surface area contributed by atoms with Crippen molar-refractivity contribution in [3.8, 4) is 0 Å². The number of aromatic amines is 1. The van der Waals surface area contributed by atoms with Gasteiger partial charge in [-0.3, -0.25) is 0 Å². The van der Waals surface area contributed by atoms with Gasteiger partial charge in [0.2, 0.25) is 0 Å². The average molecular weight is 299 g/mol. The van der Waals surface area contributed by atoms with Gasteiger partial charge in [0.15, 0.2) is 9.84 Å². The van der Waals surface area contributed by atoms with Crippen LogP contribution in [0.3, 0.4) is 0 Å². The summed E-state index contributed by atoms with van der Waals surface area (Å²) in [5, 5.41) is 0. The summed E-state index contributed by atoms with van der Waals surface area (Å²) in [6.07, 6.45) is 4.05. The number of nitrogens with one attached hydrogen (secondary N) is 1. The number of hydrogen-bond donors (Lipinski definition) is 2. The van der Waals surface area contributed by atoms with Gasteiger partial charge >= 0.3 is 0 Å². The lowest BCUT2D eigenvalue weighted by Gasteiger charge is -2.06. The number of thioether (sulfide) groups is 1. The van der Waals surface area contributed by atoms with Crippen LogP contribution < -0.4 is 5.73 Å². The van der Waals surface area contributed by atoms with Crippen LogP contribution in [0.25, 0.3) is 11.0 Å². The standard InChI is InChI=1S/C12H17N3O2S2/c1-18-6-5-9(13)12-14-10-4-3-8(19(2,16)17)7-11(10)15-12/h3-4,7,9H,5-6,13H2,1-2H3,(H,14,15). The Morgan fingerprint density at radius 1 is 1.47 bits per heavy atom. The quantitative estimate of drug-likeness (QED) is 0.877. The minimum atomic E-state index is -3.20. The van der Waals surface area contributed by atoms with E-state index in [1.54, 1.807) is 30.0 Å². The molecule has 1 unspecified atom stereocenters. The molecule has 0 bridgehead atoms. The van der Waals surface area contributed by atoms with E-state index in [4.69, 9.17) is 5.73 Å². The van der Waals surface area contributed by atoms with Crippen LogP contribution in [0.4, 0.5) is 0 Å². The van der Waals surface area contributed by atoms with Crippen molar-refractivity contribution >= 4 is 32.6 Å². The topological polar surface area (TPSA) is 88.8 Å². The smallest absolute Gasteiger partial charge is 0.175 e. The first kappa shape index (κ1) is 14.4. The number of benzene rings is 1. The Kier molecular flexibility index (Phi) is 4.17. The van der Waals surface area contributed by atoms with Crippen molar-refractivity contribution in [3.05, 3.63) is 24.0 Å². The number of H-pyrrole nitrogens is 1. The highest BCUT2D eigenvalue weighted by atomic mass is 32.2. The fourth-order valence-corrected chi connectivity index (χ4v) is 2.93. The van der Waals surface area contributed by atoms with E-state index in [0.717, 1.165) is 17.7 Å². The molecule has 5 nitrogen and oxygen atoms in total. The fourth-order valence-electron chi connectivity index (χ4n) is 1.80. The molecule has 3 N–H and O–H groups in total. The van der Waals surface area contributed by atoms with E-state index in [1.165, 1.54) is 6.26 Å². The Morgan fingerprint density at radius 3 is 2.84 bits per heavy atom. The van der Waals surface area contributed by atoms with E-state index < -0.39 is 9.84 Å². The third-order valence-electron chi connectivity index (χ3n) is 2.88. The Balaban J connectivity index is 2.35. The summed E-state index contributed by atoms with van der Waals surface area (Å²) in [5.41, 5.74) is 7.49. The second-order valence-electron chi connectivity index (χ2n) is 4.46. The molecule has 1 aromatic heterocycles. The van der Waals surface area contributed by atoms with Gasteiger partial charge in [0.05, 0.1) is 22.0 Å². The van der Waals surface area contributed by atoms with Crippen LogP contribution >= 0.6 is 11.8 Å². The molecule has 7 heteroatoms. The Morgan fingerprint density at radius 2 is 2.21 bits per heavy atom. The highest BCUT2D eigenvalue weighted by Gasteiger charge is 2.13. The molecule has 2 aromatic rings. The van der Waals surface area contributed by atoms with Gasteiger partial charge in [0.1, 0.15) is 5.82 Å². The summed E-state index contributed by atoms with van der Waals surface area (Å²) in [6.45, 7) is 0. The zero-order valence-electron chi connectivity index (χ0n) is 10.9. The Labute approximate surface area is 116 Å². The van der Waals surface area contributed by atoms with Crippen molar-refractivity contribution < 1.29 is 8.42 Å². The predicted octanol–water partition coefficient (Wildman–Crippen LogP) is 1.72. The zero-order chi connectivity index (χ0) is 14.0. The minimum Gasteiger partial charge on any atom is -0.341 e. The van der Waals surface area contributed by atoms with E-state index in [1.807, 2.05) is 6.26 Å². The second-order valence-corrected chi connectivity index (χ2v) is 7.46. The lowest BCUT2D eigenvalue weighted by molar-refractivity contribution is 0.602. The van der Waals surface area contributed by atoms with Crippen molar-refractivity contribution in [2.45, 2.75) is 17.4 Å². The predicted molar refractivity (Wildman–Crippen MR) is 79.1 cm³/mol. The molecule has 0 fully saturated rings. The number of imidazole rings is 1. The molecule has 1 heterocycles. The molecule has 104 valence electrons. The maximum Gasteiger partial charge on any atom is 0.175 e. The monoisotopic (exact) mass is 299 g/mol. The van der Waals surface area contributed by atoms with Gasteiger partial charge in [0, 0.05) is 6.26 Å². The average Bonchev–Trinajstić information content (AvgIpc) is 2.77. The van der Waals surface area contributed by atoms with Crippen LogP contribution in [-0.2, 0) is 9.84 Å². The highest BCUT2D eigenvalue weighted by molar-refractivity contribution is 7.98. The van der Waals surface area contributed by atoms with Gasteiger partial charge in [-0.05, 0) is 36.6 Å². The summed E-state index contributed by atoms with van der Waals surface area (Å²) < 4.78 is 23.0. The molecule has 0 aliphatic rings. The summed E-state index contributed by atoms with van der Waals surface area (Å²) in [6, 6.07) is 4.71. The van der Waals surface area contributed by atoms with E-state index in [9.17, 15) is 8.42 Å². The minimum absolute atomic E-state index is 0.151. The van der Waals surface area contributed by atoms with Crippen molar-refractivity contribution in [1.82, 2.24) is 9.97 Å². The third kappa shape index (κ3) is 3.29. The first-order chi connectivity index (χ1) is 8.91. The van der Waals surface area contributed by atoms with Gasteiger partial charge in [-0.1, -0.05) is 0 Å². The van der Waals surface area contributed by atoms with Crippen LogP contribution in [0, 0.1) is 0 Å². The third-order valence-corrected chi connectivity index (χ3v) is 4.64. The van der Waals surface area contributed by atoms with Crippen molar-refractivity contribution in [2.75, 3.05) is 18.3 Å². The molecule has 0 spiro atoms. The fraction of sp³-hybridized carbons (Fsp3) is 0.417. The number of hydrogen-bond acceptors (Lipinski definition) is 5. The molecule has 0 aliphatic heterocycles. The molecule has 0 saturated carbocycles. The second kappa shape index (κ2) is 5.52. The van der Waals surface area contributed by atoms with Crippen LogP contribution in [0.15, 0.2) is 23.1 Å². The number of aromatic nitrogens is 2. The van der Waals surface area contributed by atoms with Crippen molar-refractivity contribution in [1.29, 1.82) is 0 Å². The maximum absolute atomic E-state index is 11.5. The molecule has 0 radical (unpaired) electrons. The number of nitrogens with two attached hydrogens (primary N) is 1. The van der Waals surface area contributed by atoms with Crippen LogP contribution in [0.2, 0.25) is 0 Å². The largest absolute Gasteiger partial charge is 0.341 e. The van der Waals surface area contributed by atoms with Crippen molar-refractivity contribution in [2.24, 2.45) is 5.73 Å². The van der Waals surface area contributed by atoms with E-state index in [-0.39, 0.29) is 10.9 Å². The van der Waals surface area contributed by atoms with Gasteiger partial charge < -0.3 is 10.7 Å². The molecular formula is C12H17N3O2S2. The van der Waals surface area contributed by atoms with Crippen LogP contribution in [0.5, 0.6) is 0 Å². The SMILES string of the molecule is CSCCC(N)c1nc2ccc(S(C)(=O)=O)cc2[nH]1. The van der Waals surface area contributed by atoms with Crippen LogP contribution in [0.1, 0.15) is 18.3 Å². The summed E-state index contributed by atoms with van der Waals surface area (Å²) in [5.74, 6) is 1.67. The lowest BCUT2D eigenvalue weighted by Crippen LogP contribution is -2.12. The Hall–Kier alpha value is -1.05. The maximum atomic E-state index is 11.5. The van der Waals surface area contributed by atoms with Gasteiger partial charge in [0.25, 0.3) is 0 Å². The lowest BCUT2D eigenvalue weighted by atomic mass is 10.2. The molecule has 19 heavy (non-hydrogen) atoms. The number of nitrogens with zero attached hydrogens (tertiary/aromatic N) is 1. The number of fused-ring (bicyclic) bond motifs is 1. The first-order valence-electron chi connectivity index (χ1n) is 5.86. The molecule has 0 saturated heterocycles. The van der Waals surface area contributed by atoms with Crippen molar-refractivity contribution in [3.63, 3.8) is 0 Å². The normalized spacial score (nSPS) is 13.8. The molecule has 1 atom stereocenters.